The monoisotopic (exact) mass is 268 g/mol. The molecule has 0 fully saturated rings. The Morgan fingerprint density at radius 3 is 2.42 bits per heavy atom. The average molecular weight is 268 g/mol. The van der Waals surface area contributed by atoms with Crippen LogP contribution in [0.4, 0.5) is 0 Å². The maximum atomic E-state index is 11.9. The molecule has 0 aliphatic heterocycles. The molecular formula is C13H16O6. The van der Waals surface area contributed by atoms with Crippen LogP contribution in [0.5, 0.6) is 11.5 Å². The third-order valence-corrected chi connectivity index (χ3v) is 2.26. The maximum Gasteiger partial charge on any atom is 0.345 e. The Labute approximate surface area is 111 Å². The molecule has 1 aromatic rings. The molecule has 6 nitrogen and oxygen atoms in total. The fourth-order valence-corrected chi connectivity index (χ4v) is 1.40. The van der Waals surface area contributed by atoms with Crippen LogP contribution in [0.2, 0.25) is 0 Å². The number of hydrogen-bond acceptors (Lipinski definition) is 6. The largest absolute Gasteiger partial charge is 0.496 e. The van der Waals surface area contributed by atoms with E-state index in [2.05, 4.69) is 4.74 Å². The van der Waals surface area contributed by atoms with Gasteiger partial charge >= 0.3 is 11.9 Å². The van der Waals surface area contributed by atoms with Gasteiger partial charge in [0.25, 0.3) is 0 Å². The van der Waals surface area contributed by atoms with Gasteiger partial charge in [0.05, 0.1) is 20.8 Å². The van der Waals surface area contributed by atoms with E-state index in [1.807, 2.05) is 0 Å². The molecule has 1 aromatic carbocycles. The fourth-order valence-electron chi connectivity index (χ4n) is 1.40. The second-order valence-corrected chi connectivity index (χ2v) is 3.42. The molecule has 0 radical (unpaired) electrons. The summed E-state index contributed by atoms with van der Waals surface area (Å²) in [6.45, 7) is 1.63. The van der Waals surface area contributed by atoms with E-state index >= 15 is 0 Å². The molecule has 0 saturated carbocycles. The molecular weight excluding hydrogens is 252 g/mol. The fraction of sp³-hybridized carbons (Fsp3) is 0.385. The lowest BCUT2D eigenvalue weighted by atomic mass is 10.2. The van der Waals surface area contributed by atoms with Gasteiger partial charge in [-0.25, -0.2) is 9.59 Å². The predicted molar refractivity (Wildman–Crippen MR) is 66.5 cm³/mol. The molecule has 19 heavy (non-hydrogen) atoms. The highest BCUT2D eigenvalue weighted by atomic mass is 16.6. The van der Waals surface area contributed by atoms with Crippen molar-refractivity contribution >= 4 is 11.9 Å². The molecule has 1 rings (SSSR count). The summed E-state index contributed by atoms with van der Waals surface area (Å²) in [5, 5.41) is 0. The minimum absolute atomic E-state index is 0.149. The molecule has 104 valence electrons. The summed E-state index contributed by atoms with van der Waals surface area (Å²) in [7, 11) is 2.69. The maximum absolute atomic E-state index is 11.9. The molecule has 0 atom stereocenters. The van der Waals surface area contributed by atoms with Gasteiger partial charge in [0, 0.05) is 0 Å². The van der Waals surface area contributed by atoms with Crippen molar-refractivity contribution in [3.05, 3.63) is 23.8 Å². The van der Waals surface area contributed by atoms with Crippen LogP contribution in [0.25, 0.3) is 0 Å². The van der Waals surface area contributed by atoms with Crippen molar-refractivity contribution in [2.45, 2.75) is 6.92 Å². The highest BCUT2D eigenvalue weighted by Crippen LogP contribution is 2.29. The zero-order valence-corrected chi connectivity index (χ0v) is 11.1. The number of carbonyl (C=O) groups is 2. The smallest absolute Gasteiger partial charge is 0.345 e. The standard InChI is InChI=1S/C13H16O6/c1-4-18-13(15)12-9(16-2)6-5-7-10(12)19-8-11(14)17-3/h5-7H,4,8H2,1-3H3. The Morgan fingerprint density at radius 2 is 1.84 bits per heavy atom. The normalized spacial score (nSPS) is 9.63. The first kappa shape index (κ1) is 14.8. The Balaban J connectivity index is 3.01. The summed E-state index contributed by atoms with van der Waals surface area (Å²) in [4.78, 5) is 22.9. The number of rotatable bonds is 6. The SMILES string of the molecule is CCOC(=O)c1c(OC)cccc1OCC(=O)OC. The Bertz CT molecular complexity index is 454. The van der Waals surface area contributed by atoms with Gasteiger partial charge in [0.1, 0.15) is 17.1 Å². The second-order valence-electron chi connectivity index (χ2n) is 3.42. The highest BCUT2D eigenvalue weighted by molar-refractivity contribution is 5.95. The molecule has 0 unspecified atom stereocenters. The number of carbonyl (C=O) groups excluding carboxylic acids is 2. The summed E-state index contributed by atoms with van der Waals surface area (Å²) in [6, 6.07) is 4.81. The summed E-state index contributed by atoms with van der Waals surface area (Å²) < 4.78 is 19.7. The minimum Gasteiger partial charge on any atom is -0.496 e. The molecule has 0 aliphatic rings. The number of ether oxygens (including phenoxy) is 4. The van der Waals surface area contributed by atoms with E-state index in [1.54, 1.807) is 25.1 Å². The number of methoxy groups -OCH3 is 2. The summed E-state index contributed by atoms with van der Waals surface area (Å²) in [5.41, 5.74) is 0.149. The molecule has 0 bridgehead atoms. The Morgan fingerprint density at radius 1 is 1.16 bits per heavy atom. The van der Waals surface area contributed by atoms with Crippen LogP contribution in [-0.2, 0) is 14.3 Å². The number of hydrogen-bond donors (Lipinski definition) is 0. The van der Waals surface area contributed by atoms with Crippen molar-refractivity contribution in [1.82, 2.24) is 0 Å². The van der Waals surface area contributed by atoms with Crippen molar-refractivity contribution in [1.29, 1.82) is 0 Å². The van der Waals surface area contributed by atoms with Gasteiger partial charge in [0.2, 0.25) is 0 Å². The van der Waals surface area contributed by atoms with Crippen LogP contribution in [0.3, 0.4) is 0 Å². The lowest BCUT2D eigenvalue weighted by Crippen LogP contribution is -2.15. The van der Waals surface area contributed by atoms with Crippen molar-refractivity contribution in [3.63, 3.8) is 0 Å². The number of esters is 2. The topological polar surface area (TPSA) is 71.1 Å². The van der Waals surface area contributed by atoms with E-state index in [4.69, 9.17) is 14.2 Å². The average Bonchev–Trinajstić information content (AvgIpc) is 2.44. The number of benzene rings is 1. The molecule has 0 spiro atoms. The first-order valence-electron chi connectivity index (χ1n) is 5.67. The van der Waals surface area contributed by atoms with Gasteiger partial charge in [-0.3, -0.25) is 0 Å². The molecule has 0 amide bonds. The lowest BCUT2D eigenvalue weighted by molar-refractivity contribution is -0.142. The van der Waals surface area contributed by atoms with Crippen molar-refractivity contribution in [3.8, 4) is 11.5 Å². The first-order chi connectivity index (χ1) is 9.13. The third-order valence-electron chi connectivity index (χ3n) is 2.26. The van der Waals surface area contributed by atoms with Crippen molar-refractivity contribution in [2.75, 3.05) is 27.4 Å². The van der Waals surface area contributed by atoms with E-state index in [0.717, 1.165) is 0 Å². The molecule has 0 aromatic heterocycles. The summed E-state index contributed by atoms with van der Waals surface area (Å²) in [6.07, 6.45) is 0. The third kappa shape index (κ3) is 3.87. The van der Waals surface area contributed by atoms with Crippen LogP contribution in [0.1, 0.15) is 17.3 Å². The van der Waals surface area contributed by atoms with E-state index in [1.165, 1.54) is 14.2 Å². The Kier molecular flexibility index (Phi) is 5.66. The van der Waals surface area contributed by atoms with Gasteiger partial charge in [0.15, 0.2) is 6.61 Å². The van der Waals surface area contributed by atoms with Crippen molar-refractivity contribution < 1.29 is 28.5 Å². The second kappa shape index (κ2) is 7.25. The van der Waals surface area contributed by atoms with Crippen LogP contribution in [0.15, 0.2) is 18.2 Å². The van der Waals surface area contributed by atoms with Crippen LogP contribution < -0.4 is 9.47 Å². The molecule has 0 heterocycles. The first-order valence-corrected chi connectivity index (χ1v) is 5.67. The molecule has 6 heteroatoms. The van der Waals surface area contributed by atoms with Crippen molar-refractivity contribution in [2.24, 2.45) is 0 Å². The molecule has 0 N–H and O–H groups in total. The lowest BCUT2D eigenvalue weighted by Gasteiger charge is -2.13. The van der Waals surface area contributed by atoms with Gasteiger partial charge in [-0.15, -0.1) is 0 Å². The summed E-state index contributed by atoms with van der Waals surface area (Å²) >= 11 is 0. The zero-order chi connectivity index (χ0) is 14.3. The van der Waals surface area contributed by atoms with Crippen LogP contribution >= 0.6 is 0 Å². The minimum atomic E-state index is -0.570. The van der Waals surface area contributed by atoms with E-state index < -0.39 is 11.9 Å². The van der Waals surface area contributed by atoms with E-state index in [0.29, 0.717) is 5.75 Å². The molecule has 0 saturated heterocycles. The zero-order valence-electron chi connectivity index (χ0n) is 11.1. The van der Waals surface area contributed by atoms with Gasteiger partial charge < -0.3 is 18.9 Å². The predicted octanol–water partition coefficient (Wildman–Crippen LogP) is 1.42. The Hall–Kier alpha value is -2.24. The van der Waals surface area contributed by atoms with Gasteiger partial charge in [-0.2, -0.15) is 0 Å². The summed E-state index contributed by atoms with van der Waals surface area (Å²) in [5.74, 6) is -0.582. The molecule has 0 aliphatic carbocycles. The van der Waals surface area contributed by atoms with E-state index in [-0.39, 0.29) is 24.5 Å². The van der Waals surface area contributed by atoms with Gasteiger partial charge in [-0.1, -0.05) is 6.07 Å². The van der Waals surface area contributed by atoms with Crippen LogP contribution in [-0.4, -0.2) is 39.4 Å². The quantitative estimate of drug-likeness (QED) is 0.727. The highest BCUT2D eigenvalue weighted by Gasteiger charge is 2.20. The van der Waals surface area contributed by atoms with E-state index in [9.17, 15) is 9.59 Å². The van der Waals surface area contributed by atoms with Gasteiger partial charge in [-0.05, 0) is 19.1 Å². The van der Waals surface area contributed by atoms with Crippen LogP contribution in [0, 0.1) is 0 Å².